The van der Waals surface area contributed by atoms with Gasteiger partial charge in [0.2, 0.25) is 5.95 Å². The molecule has 2 fully saturated rings. The summed E-state index contributed by atoms with van der Waals surface area (Å²) in [7, 11) is 0. The monoisotopic (exact) mass is 472 g/mol. The van der Waals surface area contributed by atoms with Crippen molar-refractivity contribution in [1.82, 2.24) is 24.8 Å². The van der Waals surface area contributed by atoms with Crippen molar-refractivity contribution < 1.29 is 4.79 Å². The molecule has 0 radical (unpaired) electrons. The van der Waals surface area contributed by atoms with Crippen molar-refractivity contribution in [2.24, 2.45) is 5.92 Å². The lowest BCUT2D eigenvalue weighted by molar-refractivity contribution is 0.101. The topological polar surface area (TPSA) is 129 Å². The van der Waals surface area contributed by atoms with Crippen LogP contribution in [0.15, 0.2) is 29.3 Å². The SMILES string of the molecule is CC(=O)c1c(C)c2cnc(Nc3ccc(N4CCNCC4)cn3)nc2n([C@@H]2CCC[C@H]2C#N)c1=O. The fourth-order valence-electron chi connectivity index (χ4n) is 5.20. The number of hydrogen-bond donors (Lipinski definition) is 2. The molecule has 1 aliphatic carbocycles. The second kappa shape index (κ2) is 9.43. The number of ketones is 1. The Morgan fingerprint density at radius 3 is 2.69 bits per heavy atom. The zero-order valence-corrected chi connectivity index (χ0v) is 19.9. The third-order valence-electron chi connectivity index (χ3n) is 7.01. The molecule has 180 valence electrons. The van der Waals surface area contributed by atoms with Gasteiger partial charge in [0.25, 0.3) is 5.56 Å². The van der Waals surface area contributed by atoms with Gasteiger partial charge in [-0.1, -0.05) is 0 Å². The van der Waals surface area contributed by atoms with Gasteiger partial charge in [-0.3, -0.25) is 14.2 Å². The molecule has 3 aromatic rings. The summed E-state index contributed by atoms with van der Waals surface area (Å²) in [5, 5.41) is 16.8. The standard InChI is InChI=1S/C25H28N8O2/c1-15-19-14-29-25(30-21-7-6-18(13-28-21)32-10-8-27-9-11-32)31-23(19)33(24(35)22(15)16(2)34)20-5-3-4-17(20)12-26/h6-7,13-14,17,20,27H,3-5,8-11H2,1-2H3,(H,28,29,30,31)/t17-,20+/m0/s1. The molecule has 35 heavy (non-hydrogen) atoms. The molecule has 4 heterocycles. The van der Waals surface area contributed by atoms with Crippen LogP contribution < -0.4 is 21.1 Å². The Balaban J connectivity index is 1.54. The number of nitrogens with zero attached hydrogens (tertiary/aromatic N) is 6. The summed E-state index contributed by atoms with van der Waals surface area (Å²) < 4.78 is 1.55. The van der Waals surface area contributed by atoms with E-state index in [0.29, 0.717) is 34.8 Å². The van der Waals surface area contributed by atoms with Gasteiger partial charge in [-0.15, -0.1) is 0 Å². The van der Waals surface area contributed by atoms with E-state index in [4.69, 9.17) is 0 Å². The maximum absolute atomic E-state index is 13.5. The van der Waals surface area contributed by atoms with E-state index in [9.17, 15) is 14.9 Å². The molecule has 0 bridgehead atoms. The van der Waals surface area contributed by atoms with Crippen LogP contribution in [0.5, 0.6) is 0 Å². The first kappa shape index (κ1) is 22.9. The number of aromatic nitrogens is 4. The number of fused-ring (bicyclic) bond motifs is 1. The minimum Gasteiger partial charge on any atom is -0.368 e. The predicted molar refractivity (Wildman–Crippen MR) is 133 cm³/mol. The van der Waals surface area contributed by atoms with Gasteiger partial charge in [0.05, 0.1) is 35.5 Å². The molecule has 2 aliphatic rings. The maximum atomic E-state index is 13.5. The highest BCUT2D eigenvalue weighted by Crippen LogP contribution is 2.36. The highest BCUT2D eigenvalue weighted by atomic mass is 16.1. The zero-order chi connectivity index (χ0) is 24.5. The molecule has 0 amide bonds. The van der Waals surface area contributed by atoms with E-state index in [0.717, 1.165) is 44.7 Å². The Hall–Kier alpha value is -3.84. The van der Waals surface area contributed by atoms with E-state index in [1.165, 1.54) is 6.92 Å². The second-order valence-electron chi connectivity index (χ2n) is 9.16. The van der Waals surface area contributed by atoms with Crippen molar-refractivity contribution in [2.45, 2.75) is 39.2 Å². The van der Waals surface area contributed by atoms with Crippen LogP contribution in [0, 0.1) is 24.2 Å². The first-order valence-corrected chi connectivity index (χ1v) is 12.0. The molecule has 10 heteroatoms. The summed E-state index contributed by atoms with van der Waals surface area (Å²) in [6.07, 6.45) is 5.71. The molecular formula is C25H28N8O2. The highest BCUT2D eigenvalue weighted by molar-refractivity contribution is 5.99. The number of anilines is 3. The number of nitrogens with one attached hydrogen (secondary N) is 2. The van der Waals surface area contributed by atoms with E-state index in [1.807, 2.05) is 18.3 Å². The first-order chi connectivity index (χ1) is 17.0. The van der Waals surface area contributed by atoms with Crippen LogP contribution in [0.25, 0.3) is 11.0 Å². The highest BCUT2D eigenvalue weighted by Gasteiger charge is 2.33. The number of carbonyl (C=O) groups excluding carboxylic acids is 1. The number of rotatable bonds is 5. The lowest BCUT2D eigenvalue weighted by atomic mass is 10.0. The van der Waals surface area contributed by atoms with Crippen molar-refractivity contribution in [3.8, 4) is 6.07 Å². The number of carbonyl (C=O) groups is 1. The molecule has 1 aliphatic heterocycles. The summed E-state index contributed by atoms with van der Waals surface area (Å²) in [5.74, 6) is 0.286. The Labute approximate surface area is 203 Å². The smallest absolute Gasteiger partial charge is 0.263 e. The van der Waals surface area contributed by atoms with E-state index in [2.05, 4.69) is 36.6 Å². The third kappa shape index (κ3) is 4.23. The molecule has 2 atom stereocenters. The lowest BCUT2D eigenvalue weighted by Crippen LogP contribution is -2.43. The number of aryl methyl sites for hydroxylation is 1. The number of pyridine rings is 2. The second-order valence-corrected chi connectivity index (χ2v) is 9.16. The summed E-state index contributed by atoms with van der Waals surface area (Å²) in [6, 6.07) is 5.90. The van der Waals surface area contributed by atoms with Crippen LogP contribution in [0.2, 0.25) is 0 Å². The van der Waals surface area contributed by atoms with E-state index < -0.39 is 5.56 Å². The first-order valence-electron chi connectivity index (χ1n) is 12.0. The normalized spacial score (nSPS) is 20.1. The fraction of sp³-hybridized carbons (Fsp3) is 0.440. The molecule has 0 unspecified atom stereocenters. The minimum absolute atomic E-state index is 0.135. The minimum atomic E-state index is -0.391. The third-order valence-corrected chi connectivity index (χ3v) is 7.01. The molecule has 10 nitrogen and oxygen atoms in total. The van der Waals surface area contributed by atoms with Crippen molar-refractivity contribution in [3.05, 3.63) is 46.0 Å². The van der Waals surface area contributed by atoms with Crippen LogP contribution >= 0.6 is 0 Å². The van der Waals surface area contributed by atoms with Crippen molar-refractivity contribution in [2.75, 3.05) is 36.4 Å². The van der Waals surface area contributed by atoms with Gasteiger partial charge >= 0.3 is 0 Å². The van der Waals surface area contributed by atoms with Gasteiger partial charge in [-0.25, -0.2) is 9.97 Å². The van der Waals surface area contributed by atoms with Crippen molar-refractivity contribution in [1.29, 1.82) is 5.26 Å². The summed E-state index contributed by atoms with van der Waals surface area (Å²) >= 11 is 0. The van der Waals surface area contributed by atoms with E-state index in [1.54, 1.807) is 17.7 Å². The number of Topliss-reactive ketones (excluding diaryl/α,β-unsaturated/α-hetero) is 1. The molecule has 0 spiro atoms. The number of nitriles is 1. The summed E-state index contributed by atoms with van der Waals surface area (Å²) in [4.78, 5) is 41.7. The quantitative estimate of drug-likeness (QED) is 0.538. The van der Waals surface area contributed by atoms with Crippen LogP contribution in [-0.4, -0.2) is 51.5 Å². The van der Waals surface area contributed by atoms with E-state index >= 15 is 0 Å². The molecule has 0 aromatic carbocycles. The molecular weight excluding hydrogens is 444 g/mol. The van der Waals surface area contributed by atoms with Crippen LogP contribution in [0.1, 0.15) is 48.1 Å². The lowest BCUT2D eigenvalue weighted by Gasteiger charge is -2.29. The van der Waals surface area contributed by atoms with Gasteiger partial charge in [-0.05, 0) is 50.8 Å². The molecule has 1 saturated heterocycles. The number of piperazine rings is 1. The van der Waals surface area contributed by atoms with Gasteiger partial charge in [0, 0.05) is 37.8 Å². The Bertz CT molecular complexity index is 1370. The van der Waals surface area contributed by atoms with Crippen molar-refractivity contribution >= 4 is 34.3 Å². The molecule has 1 saturated carbocycles. The van der Waals surface area contributed by atoms with Crippen molar-refractivity contribution in [3.63, 3.8) is 0 Å². The van der Waals surface area contributed by atoms with Crippen LogP contribution in [0.3, 0.4) is 0 Å². The summed E-state index contributed by atoms with van der Waals surface area (Å²) in [6.45, 7) is 6.91. The Kier molecular flexibility index (Phi) is 6.17. The zero-order valence-electron chi connectivity index (χ0n) is 19.9. The van der Waals surface area contributed by atoms with Gasteiger partial charge in [0.15, 0.2) is 5.78 Å². The van der Waals surface area contributed by atoms with Crippen LogP contribution in [-0.2, 0) is 0 Å². The summed E-state index contributed by atoms with van der Waals surface area (Å²) in [5.41, 5.74) is 1.79. The average molecular weight is 473 g/mol. The van der Waals surface area contributed by atoms with E-state index in [-0.39, 0.29) is 23.3 Å². The Morgan fingerprint density at radius 2 is 2.00 bits per heavy atom. The fourth-order valence-corrected chi connectivity index (χ4v) is 5.20. The van der Waals surface area contributed by atoms with Gasteiger partial charge < -0.3 is 15.5 Å². The maximum Gasteiger partial charge on any atom is 0.263 e. The van der Waals surface area contributed by atoms with Gasteiger partial charge in [-0.2, -0.15) is 10.2 Å². The average Bonchev–Trinajstić information content (AvgIpc) is 3.33. The molecule has 2 N–H and O–H groups in total. The molecule has 5 rings (SSSR count). The largest absolute Gasteiger partial charge is 0.368 e. The predicted octanol–water partition coefficient (Wildman–Crippen LogP) is 2.72. The van der Waals surface area contributed by atoms with Crippen LogP contribution in [0.4, 0.5) is 17.5 Å². The number of hydrogen-bond acceptors (Lipinski definition) is 9. The Morgan fingerprint density at radius 1 is 1.20 bits per heavy atom. The van der Waals surface area contributed by atoms with Gasteiger partial charge in [0.1, 0.15) is 11.5 Å². The molecule has 3 aromatic heterocycles.